The van der Waals surface area contributed by atoms with Gasteiger partial charge in [0, 0.05) is 27.4 Å². The number of esters is 1. The van der Waals surface area contributed by atoms with E-state index < -0.39 is 17.2 Å². The molecule has 0 aromatic carbocycles. The maximum atomic E-state index is 11.2. The molecule has 0 bridgehead atoms. The summed E-state index contributed by atoms with van der Waals surface area (Å²) in [5.74, 6) is -1.71. The molecule has 0 aliphatic heterocycles. The Bertz CT molecular complexity index is 239. The van der Waals surface area contributed by atoms with Gasteiger partial charge in [-0.15, -0.1) is 0 Å². The summed E-state index contributed by atoms with van der Waals surface area (Å²) in [6, 6.07) is 0. The minimum absolute atomic E-state index is 0.385. The van der Waals surface area contributed by atoms with Gasteiger partial charge in [-0.05, 0) is 6.92 Å². The number of methoxy groups -OCH3 is 3. The molecule has 0 aromatic heterocycles. The van der Waals surface area contributed by atoms with E-state index in [1.165, 1.54) is 21.3 Å². The van der Waals surface area contributed by atoms with E-state index in [0.29, 0.717) is 10.2 Å². The van der Waals surface area contributed by atoms with Crippen LogP contribution in [0.5, 0.6) is 0 Å². The fraction of sp³-hybridized carbons (Fsp3) is 0.667. The first-order valence-electron chi connectivity index (χ1n) is 4.40. The molecule has 0 spiro atoms. The van der Waals surface area contributed by atoms with Gasteiger partial charge in [0.15, 0.2) is 0 Å². The number of carbonyl (C=O) groups is 1. The predicted molar refractivity (Wildman–Crippen MR) is 58.4 cm³/mol. The lowest BCUT2D eigenvalue weighted by molar-refractivity contribution is -0.336. The van der Waals surface area contributed by atoms with Crippen molar-refractivity contribution in [3.05, 3.63) is 12.7 Å². The second kappa shape index (κ2) is 5.41. The van der Waals surface area contributed by atoms with E-state index in [0.717, 1.165) is 6.08 Å². The minimum atomic E-state index is -1.21. The lowest BCUT2D eigenvalue weighted by Crippen LogP contribution is -2.59. The van der Waals surface area contributed by atoms with Gasteiger partial charge < -0.3 is 18.9 Å². The molecule has 88 valence electrons. The summed E-state index contributed by atoms with van der Waals surface area (Å²) in [6.45, 7) is 4.96. The van der Waals surface area contributed by atoms with Crippen LogP contribution in [0.2, 0.25) is 0 Å². The van der Waals surface area contributed by atoms with E-state index in [1.54, 1.807) is 6.92 Å². The molecular weight excluding hydrogens is 216 g/mol. The Kier molecular flexibility index (Phi) is 5.16. The molecule has 0 rings (SSSR count). The molecule has 0 aliphatic rings. The van der Waals surface area contributed by atoms with Crippen LogP contribution in [0.3, 0.4) is 0 Å². The third kappa shape index (κ3) is 2.88. The molecule has 0 N–H and O–H groups in total. The first-order chi connectivity index (χ1) is 6.89. The first-order valence-corrected chi connectivity index (χ1v) is 5.40. The largest absolute Gasteiger partial charge is 0.429 e. The van der Waals surface area contributed by atoms with Gasteiger partial charge in [-0.2, -0.15) is 0 Å². The SMILES string of the molecule is C=CC(=O)OC([SiH3])(OC)C(C)(OC)OC. The van der Waals surface area contributed by atoms with E-state index in [1.807, 2.05) is 0 Å². The highest BCUT2D eigenvalue weighted by Crippen LogP contribution is 2.28. The average molecular weight is 234 g/mol. The molecule has 0 radical (unpaired) electrons. The highest BCUT2D eigenvalue weighted by molar-refractivity contribution is 6.15. The molecule has 0 heterocycles. The lowest BCUT2D eigenvalue weighted by Gasteiger charge is -2.41. The standard InChI is InChI=1S/C9H18O5Si/c1-6-7(10)14-9(15,13-5)8(2,11-3)12-4/h6H,1H2,2-5,15H3. The van der Waals surface area contributed by atoms with Gasteiger partial charge in [0.1, 0.15) is 10.2 Å². The summed E-state index contributed by atoms with van der Waals surface area (Å²) < 4.78 is 20.6. The van der Waals surface area contributed by atoms with Crippen molar-refractivity contribution in [2.24, 2.45) is 0 Å². The monoisotopic (exact) mass is 234 g/mol. The van der Waals surface area contributed by atoms with Crippen LogP contribution in [0.4, 0.5) is 0 Å². The zero-order chi connectivity index (χ0) is 12.1. The van der Waals surface area contributed by atoms with Gasteiger partial charge >= 0.3 is 5.97 Å². The van der Waals surface area contributed by atoms with Crippen LogP contribution in [-0.4, -0.2) is 48.7 Å². The van der Waals surface area contributed by atoms with E-state index in [4.69, 9.17) is 18.9 Å². The smallest absolute Gasteiger partial charge is 0.332 e. The molecule has 0 saturated carbocycles. The van der Waals surface area contributed by atoms with E-state index >= 15 is 0 Å². The van der Waals surface area contributed by atoms with Gasteiger partial charge in [-0.3, -0.25) is 0 Å². The highest BCUT2D eigenvalue weighted by atomic mass is 28.1. The van der Waals surface area contributed by atoms with Crippen molar-refractivity contribution in [1.82, 2.24) is 0 Å². The van der Waals surface area contributed by atoms with Crippen LogP contribution < -0.4 is 0 Å². The van der Waals surface area contributed by atoms with Gasteiger partial charge in [0.25, 0.3) is 0 Å². The molecule has 1 atom stereocenters. The molecule has 5 nitrogen and oxygen atoms in total. The van der Waals surface area contributed by atoms with Crippen molar-refractivity contribution in [3.8, 4) is 0 Å². The normalized spacial score (nSPS) is 15.7. The summed E-state index contributed by atoms with van der Waals surface area (Å²) in [4.78, 5) is 11.2. The number of ether oxygens (including phenoxy) is 4. The van der Waals surface area contributed by atoms with E-state index in [2.05, 4.69) is 6.58 Å². The van der Waals surface area contributed by atoms with Crippen molar-refractivity contribution in [1.29, 1.82) is 0 Å². The van der Waals surface area contributed by atoms with Crippen LogP contribution in [0.1, 0.15) is 6.92 Å². The van der Waals surface area contributed by atoms with Crippen LogP contribution >= 0.6 is 0 Å². The number of hydrogen-bond donors (Lipinski definition) is 0. The Labute approximate surface area is 92.8 Å². The molecule has 0 saturated heterocycles. The van der Waals surface area contributed by atoms with Gasteiger partial charge in [0.05, 0.1) is 0 Å². The van der Waals surface area contributed by atoms with Crippen LogP contribution in [0, 0.1) is 0 Å². The first kappa shape index (κ1) is 14.3. The second-order valence-electron chi connectivity index (χ2n) is 3.13. The quantitative estimate of drug-likeness (QED) is 0.266. The Morgan fingerprint density at radius 2 is 1.73 bits per heavy atom. The summed E-state index contributed by atoms with van der Waals surface area (Å²) in [7, 11) is 4.73. The number of hydrogen-bond acceptors (Lipinski definition) is 5. The second-order valence-corrected chi connectivity index (χ2v) is 4.45. The summed E-state index contributed by atoms with van der Waals surface area (Å²) >= 11 is 0. The highest BCUT2D eigenvalue weighted by Gasteiger charge is 2.49. The van der Waals surface area contributed by atoms with Crippen molar-refractivity contribution in [3.63, 3.8) is 0 Å². The Morgan fingerprint density at radius 3 is 2.00 bits per heavy atom. The zero-order valence-electron chi connectivity index (χ0n) is 9.83. The minimum Gasteiger partial charge on any atom is -0.429 e. The van der Waals surface area contributed by atoms with Crippen molar-refractivity contribution in [2.45, 2.75) is 18.1 Å². The summed E-state index contributed by atoms with van der Waals surface area (Å²) in [6.07, 6.45) is 1.07. The summed E-state index contributed by atoms with van der Waals surface area (Å²) in [5.41, 5.74) is -1.21. The number of rotatable bonds is 6. The van der Waals surface area contributed by atoms with Crippen molar-refractivity contribution < 1.29 is 23.7 Å². The number of carbonyl (C=O) groups excluding carboxylic acids is 1. The molecule has 15 heavy (non-hydrogen) atoms. The van der Waals surface area contributed by atoms with Crippen molar-refractivity contribution in [2.75, 3.05) is 21.3 Å². The zero-order valence-corrected chi connectivity index (χ0v) is 11.8. The van der Waals surface area contributed by atoms with E-state index in [-0.39, 0.29) is 0 Å². The van der Waals surface area contributed by atoms with Crippen LogP contribution in [0.25, 0.3) is 0 Å². The molecule has 6 heteroatoms. The fourth-order valence-electron chi connectivity index (χ4n) is 1.01. The van der Waals surface area contributed by atoms with Gasteiger partial charge in [-0.1, -0.05) is 6.58 Å². The Morgan fingerprint density at radius 1 is 1.27 bits per heavy atom. The maximum absolute atomic E-state index is 11.2. The molecule has 1 unspecified atom stereocenters. The van der Waals surface area contributed by atoms with Gasteiger partial charge in [-0.25, -0.2) is 4.79 Å². The fourth-order valence-corrected chi connectivity index (χ4v) is 1.62. The predicted octanol–water partition coefficient (Wildman–Crippen LogP) is -0.610. The molecule has 0 fully saturated rings. The third-order valence-corrected chi connectivity index (χ3v) is 3.98. The molecule has 0 aromatic rings. The molecule has 0 amide bonds. The molecule has 0 aliphatic carbocycles. The topological polar surface area (TPSA) is 54.0 Å². The van der Waals surface area contributed by atoms with Crippen LogP contribution in [0.15, 0.2) is 12.7 Å². The summed E-state index contributed by atoms with van der Waals surface area (Å²) in [5, 5.41) is 0. The van der Waals surface area contributed by atoms with Gasteiger partial charge in [0.2, 0.25) is 11.2 Å². The lowest BCUT2D eigenvalue weighted by atomic mass is 10.3. The third-order valence-electron chi connectivity index (χ3n) is 2.46. The van der Waals surface area contributed by atoms with Crippen molar-refractivity contribution >= 4 is 16.2 Å². The molecular formula is C9H18O5Si. The Balaban J connectivity index is 4.97. The van der Waals surface area contributed by atoms with Crippen LogP contribution in [-0.2, 0) is 23.7 Å². The van der Waals surface area contributed by atoms with E-state index in [9.17, 15) is 4.79 Å². The Hall–Kier alpha value is -0.693. The maximum Gasteiger partial charge on any atom is 0.332 e. The average Bonchev–Trinajstić information content (AvgIpc) is 2.27.